The lowest BCUT2D eigenvalue weighted by Gasteiger charge is -2.12. The Kier molecular flexibility index (Phi) is 4.26. The highest BCUT2D eigenvalue weighted by molar-refractivity contribution is 9.10. The average Bonchev–Trinajstić information content (AvgIpc) is 2.27. The third-order valence-electron chi connectivity index (χ3n) is 1.96. The quantitative estimate of drug-likeness (QED) is 0.524. The first-order valence-corrected chi connectivity index (χ1v) is 5.40. The predicted molar refractivity (Wildman–Crippen MR) is 65.1 cm³/mol. The zero-order valence-electron chi connectivity index (χ0n) is 8.61. The molecule has 1 unspecified atom stereocenters. The fourth-order valence-electron chi connectivity index (χ4n) is 1.06. The van der Waals surface area contributed by atoms with E-state index in [1.54, 1.807) is 0 Å². The van der Waals surface area contributed by atoms with Gasteiger partial charge in [0.15, 0.2) is 0 Å². The van der Waals surface area contributed by atoms with Crippen molar-refractivity contribution in [1.82, 2.24) is 4.98 Å². The van der Waals surface area contributed by atoms with Crippen molar-refractivity contribution in [2.24, 2.45) is 0 Å². The Bertz CT molecular complexity index is 442. The van der Waals surface area contributed by atoms with Crippen LogP contribution in [-0.4, -0.2) is 15.9 Å². The second-order valence-corrected chi connectivity index (χ2v) is 3.91. The van der Waals surface area contributed by atoms with E-state index in [4.69, 9.17) is 6.42 Å². The maximum Gasteiger partial charge on any atom is 0.288 e. The monoisotopic (exact) mass is 283 g/mol. The number of anilines is 1. The average molecular weight is 284 g/mol. The Hall–Kier alpha value is -1.61. The van der Waals surface area contributed by atoms with Gasteiger partial charge in [-0.3, -0.25) is 10.1 Å². The van der Waals surface area contributed by atoms with Gasteiger partial charge in [-0.15, -0.1) is 6.42 Å². The van der Waals surface area contributed by atoms with Gasteiger partial charge in [-0.2, -0.15) is 0 Å². The van der Waals surface area contributed by atoms with Gasteiger partial charge in [0.2, 0.25) is 0 Å². The van der Waals surface area contributed by atoms with E-state index in [-0.39, 0.29) is 11.7 Å². The zero-order valence-corrected chi connectivity index (χ0v) is 10.2. The van der Waals surface area contributed by atoms with Crippen molar-refractivity contribution in [3.8, 4) is 12.3 Å². The SMILES string of the molecule is C#CC(CC)Nc1ncc([N+](=O)[O-])cc1Br. The maximum atomic E-state index is 10.5. The minimum Gasteiger partial charge on any atom is -0.356 e. The Morgan fingerprint density at radius 1 is 1.81 bits per heavy atom. The van der Waals surface area contributed by atoms with Crippen LogP contribution in [0.1, 0.15) is 13.3 Å². The van der Waals surface area contributed by atoms with Crippen LogP contribution in [0.15, 0.2) is 16.7 Å². The number of halogens is 1. The van der Waals surface area contributed by atoms with Gasteiger partial charge in [-0.25, -0.2) is 4.98 Å². The summed E-state index contributed by atoms with van der Waals surface area (Å²) in [6.07, 6.45) is 7.24. The molecule has 0 aliphatic rings. The lowest BCUT2D eigenvalue weighted by Crippen LogP contribution is -2.16. The summed E-state index contributed by atoms with van der Waals surface area (Å²) in [5.41, 5.74) is -0.0637. The smallest absolute Gasteiger partial charge is 0.288 e. The molecule has 0 saturated carbocycles. The molecule has 0 amide bonds. The molecule has 1 rings (SSSR count). The highest BCUT2D eigenvalue weighted by Gasteiger charge is 2.12. The summed E-state index contributed by atoms with van der Waals surface area (Å²) in [7, 11) is 0. The Balaban J connectivity index is 2.92. The number of hydrogen-bond acceptors (Lipinski definition) is 4. The predicted octanol–water partition coefficient (Wildman–Crippen LogP) is 2.58. The molecule has 1 aromatic heterocycles. The topological polar surface area (TPSA) is 68.1 Å². The summed E-state index contributed by atoms with van der Waals surface area (Å²) < 4.78 is 0.524. The summed E-state index contributed by atoms with van der Waals surface area (Å²) in [6, 6.07) is 1.25. The standard InChI is InChI=1S/C10H10BrN3O2/c1-3-7(4-2)13-10-9(11)5-8(6-12-10)14(15)16/h1,5-7H,4H2,2H3,(H,12,13). The second-order valence-electron chi connectivity index (χ2n) is 3.05. The number of terminal acetylenes is 1. The molecule has 0 saturated heterocycles. The highest BCUT2D eigenvalue weighted by atomic mass is 79.9. The molecule has 0 aliphatic heterocycles. The minimum absolute atomic E-state index is 0.0637. The summed E-state index contributed by atoms with van der Waals surface area (Å²) in [4.78, 5) is 13.9. The first-order chi connectivity index (χ1) is 7.58. The molecule has 0 aromatic carbocycles. The van der Waals surface area contributed by atoms with Gasteiger partial charge >= 0.3 is 0 Å². The Morgan fingerprint density at radius 2 is 2.50 bits per heavy atom. The molecule has 1 heterocycles. The molecule has 84 valence electrons. The fourth-order valence-corrected chi connectivity index (χ4v) is 1.51. The van der Waals surface area contributed by atoms with Crippen molar-refractivity contribution >= 4 is 27.4 Å². The fraction of sp³-hybridized carbons (Fsp3) is 0.300. The molecule has 6 heteroatoms. The summed E-state index contributed by atoms with van der Waals surface area (Å²) in [5.74, 6) is 3.07. The number of nitro groups is 1. The first kappa shape index (κ1) is 12.5. The molecule has 0 aliphatic carbocycles. The van der Waals surface area contributed by atoms with E-state index in [0.717, 1.165) is 6.42 Å². The molecule has 1 atom stereocenters. The van der Waals surface area contributed by atoms with Crippen LogP contribution in [-0.2, 0) is 0 Å². The van der Waals surface area contributed by atoms with Crippen molar-refractivity contribution in [1.29, 1.82) is 0 Å². The normalized spacial score (nSPS) is 11.6. The zero-order chi connectivity index (χ0) is 12.1. The lowest BCUT2D eigenvalue weighted by molar-refractivity contribution is -0.385. The molecular weight excluding hydrogens is 274 g/mol. The van der Waals surface area contributed by atoms with Gasteiger partial charge < -0.3 is 5.32 Å². The molecular formula is C10H10BrN3O2. The number of nitrogens with zero attached hydrogens (tertiary/aromatic N) is 2. The van der Waals surface area contributed by atoms with Gasteiger partial charge in [0.25, 0.3) is 5.69 Å². The van der Waals surface area contributed by atoms with Gasteiger partial charge in [0.1, 0.15) is 12.0 Å². The van der Waals surface area contributed by atoms with Crippen molar-refractivity contribution in [3.63, 3.8) is 0 Å². The summed E-state index contributed by atoms with van der Waals surface area (Å²) >= 11 is 3.20. The van der Waals surface area contributed by atoms with E-state index in [1.165, 1.54) is 12.3 Å². The van der Waals surface area contributed by atoms with Crippen molar-refractivity contribution in [2.45, 2.75) is 19.4 Å². The van der Waals surface area contributed by atoms with Crippen LogP contribution < -0.4 is 5.32 Å². The molecule has 0 radical (unpaired) electrons. The van der Waals surface area contributed by atoms with Crippen molar-refractivity contribution in [3.05, 3.63) is 26.9 Å². The molecule has 0 fully saturated rings. The van der Waals surface area contributed by atoms with E-state index in [9.17, 15) is 10.1 Å². The second kappa shape index (κ2) is 5.47. The molecule has 16 heavy (non-hydrogen) atoms. The van der Waals surface area contributed by atoms with Gasteiger partial charge in [0, 0.05) is 6.07 Å². The Morgan fingerprint density at radius 3 is 2.94 bits per heavy atom. The van der Waals surface area contributed by atoms with E-state index in [0.29, 0.717) is 10.3 Å². The molecule has 1 N–H and O–H groups in total. The number of pyridine rings is 1. The number of nitrogens with one attached hydrogen (secondary N) is 1. The molecule has 0 spiro atoms. The van der Waals surface area contributed by atoms with Crippen LogP contribution in [0, 0.1) is 22.5 Å². The third-order valence-corrected chi connectivity index (χ3v) is 2.56. The van der Waals surface area contributed by atoms with Crippen molar-refractivity contribution < 1.29 is 4.92 Å². The van der Waals surface area contributed by atoms with E-state index in [2.05, 4.69) is 32.2 Å². The van der Waals surface area contributed by atoms with Gasteiger partial charge in [-0.05, 0) is 22.4 Å². The minimum atomic E-state index is -0.500. The maximum absolute atomic E-state index is 10.5. The van der Waals surface area contributed by atoms with Crippen LogP contribution in [0.4, 0.5) is 11.5 Å². The van der Waals surface area contributed by atoms with Crippen LogP contribution in [0.2, 0.25) is 0 Å². The Labute approximate surface area is 102 Å². The molecule has 5 nitrogen and oxygen atoms in total. The highest BCUT2D eigenvalue weighted by Crippen LogP contribution is 2.24. The number of rotatable bonds is 4. The van der Waals surface area contributed by atoms with Gasteiger partial charge in [0.05, 0.1) is 15.4 Å². The largest absolute Gasteiger partial charge is 0.356 e. The lowest BCUT2D eigenvalue weighted by atomic mass is 10.2. The van der Waals surface area contributed by atoms with E-state index >= 15 is 0 Å². The third kappa shape index (κ3) is 2.94. The van der Waals surface area contributed by atoms with E-state index in [1.807, 2.05) is 6.92 Å². The molecule has 0 bridgehead atoms. The van der Waals surface area contributed by atoms with Gasteiger partial charge in [-0.1, -0.05) is 12.8 Å². The summed E-state index contributed by atoms with van der Waals surface area (Å²) in [6.45, 7) is 1.94. The number of hydrogen-bond donors (Lipinski definition) is 1. The van der Waals surface area contributed by atoms with Crippen LogP contribution in [0.3, 0.4) is 0 Å². The number of aromatic nitrogens is 1. The molecule has 1 aromatic rings. The van der Waals surface area contributed by atoms with Crippen LogP contribution in [0.5, 0.6) is 0 Å². The van der Waals surface area contributed by atoms with Crippen LogP contribution in [0.25, 0.3) is 0 Å². The van der Waals surface area contributed by atoms with Crippen molar-refractivity contribution in [2.75, 3.05) is 5.32 Å². The van der Waals surface area contributed by atoms with E-state index < -0.39 is 4.92 Å². The van der Waals surface area contributed by atoms with Crippen LogP contribution >= 0.6 is 15.9 Å². The first-order valence-electron chi connectivity index (χ1n) is 4.61. The summed E-state index contributed by atoms with van der Waals surface area (Å²) in [5, 5.41) is 13.5.